The average Bonchev–Trinajstić information content (AvgIpc) is 3.19. The zero-order chi connectivity index (χ0) is 21.8. The second kappa shape index (κ2) is 7.27. The van der Waals surface area contributed by atoms with Gasteiger partial charge in [0.1, 0.15) is 17.5 Å². The van der Waals surface area contributed by atoms with Crippen LogP contribution >= 0.6 is 0 Å². The molecule has 162 valence electrons. The molecule has 3 heterocycles. The van der Waals surface area contributed by atoms with Gasteiger partial charge in [0.25, 0.3) is 0 Å². The third-order valence-electron chi connectivity index (χ3n) is 7.09. The van der Waals surface area contributed by atoms with E-state index < -0.39 is 0 Å². The molecule has 0 amide bonds. The number of ether oxygens (including phenoxy) is 1. The number of nitriles is 1. The first-order valence-corrected chi connectivity index (χ1v) is 11.4. The second-order valence-corrected chi connectivity index (χ2v) is 9.16. The molecule has 7 nitrogen and oxygen atoms in total. The summed E-state index contributed by atoms with van der Waals surface area (Å²) in [7, 11) is 1.89. The lowest BCUT2D eigenvalue weighted by atomic mass is 9.81. The summed E-state index contributed by atoms with van der Waals surface area (Å²) in [6.45, 7) is 0. The fraction of sp³-hybridized carbons (Fsp3) is 0.400. The van der Waals surface area contributed by atoms with Crippen molar-refractivity contribution in [1.29, 1.82) is 5.26 Å². The van der Waals surface area contributed by atoms with E-state index in [0.717, 1.165) is 41.2 Å². The number of aromatic nitrogens is 4. The number of rotatable bonds is 4. The number of fused-ring (bicyclic) bond motifs is 1. The van der Waals surface area contributed by atoms with Crippen LogP contribution in [0.25, 0.3) is 5.69 Å². The summed E-state index contributed by atoms with van der Waals surface area (Å²) in [6.07, 6.45) is 11.0. The van der Waals surface area contributed by atoms with E-state index >= 15 is 0 Å². The Morgan fingerprint density at radius 2 is 1.84 bits per heavy atom. The van der Waals surface area contributed by atoms with E-state index in [-0.39, 0.29) is 11.8 Å². The molecule has 2 fully saturated rings. The summed E-state index contributed by atoms with van der Waals surface area (Å²) in [4.78, 5) is 4.56. The van der Waals surface area contributed by atoms with Crippen molar-refractivity contribution in [3.05, 3.63) is 70.8 Å². The highest BCUT2D eigenvalue weighted by atomic mass is 16.5. The van der Waals surface area contributed by atoms with E-state index in [9.17, 15) is 5.26 Å². The molecular formula is C25H26N6O. The van der Waals surface area contributed by atoms with Gasteiger partial charge in [-0.2, -0.15) is 10.4 Å². The van der Waals surface area contributed by atoms with E-state index in [4.69, 9.17) is 15.6 Å². The van der Waals surface area contributed by atoms with Gasteiger partial charge in [-0.05, 0) is 43.4 Å². The van der Waals surface area contributed by atoms with E-state index in [0.29, 0.717) is 23.3 Å². The average molecular weight is 427 g/mol. The van der Waals surface area contributed by atoms with Crippen molar-refractivity contribution in [3.8, 4) is 17.6 Å². The summed E-state index contributed by atoms with van der Waals surface area (Å²) < 4.78 is 9.86. The molecule has 1 unspecified atom stereocenters. The van der Waals surface area contributed by atoms with Gasteiger partial charge in [-0.25, -0.2) is 9.67 Å². The zero-order valence-electron chi connectivity index (χ0n) is 18.2. The highest BCUT2D eigenvalue weighted by Crippen LogP contribution is 2.48. The van der Waals surface area contributed by atoms with E-state index in [1.807, 2.05) is 19.4 Å². The Labute approximate surface area is 187 Å². The van der Waals surface area contributed by atoms with Crippen LogP contribution in [-0.2, 0) is 7.05 Å². The van der Waals surface area contributed by atoms with Crippen LogP contribution in [-0.4, -0.2) is 19.3 Å². The SMILES string of the molecule is Cn1nc(C2CCCC2)c2c1OC(N)=C(C#N)C2c1ccc(-n2ccnc2C2CC2)cc1. The first kappa shape index (κ1) is 19.2. The number of benzene rings is 1. The molecular weight excluding hydrogens is 400 g/mol. The summed E-state index contributed by atoms with van der Waals surface area (Å²) in [6, 6.07) is 10.7. The number of imidazole rings is 1. The van der Waals surface area contributed by atoms with Gasteiger partial charge in [-0.1, -0.05) is 25.0 Å². The molecule has 1 aromatic carbocycles. The van der Waals surface area contributed by atoms with Crippen LogP contribution < -0.4 is 10.5 Å². The van der Waals surface area contributed by atoms with Crippen molar-refractivity contribution >= 4 is 0 Å². The summed E-state index contributed by atoms with van der Waals surface area (Å²) in [5.74, 6) is 2.65. The molecule has 32 heavy (non-hydrogen) atoms. The van der Waals surface area contributed by atoms with E-state index in [1.54, 1.807) is 4.68 Å². The molecule has 6 rings (SSSR count). The molecule has 3 aromatic rings. The van der Waals surface area contributed by atoms with Gasteiger partial charge >= 0.3 is 0 Å². The van der Waals surface area contributed by atoms with Gasteiger partial charge in [-0.15, -0.1) is 0 Å². The van der Waals surface area contributed by atoms with Crippen LogP contribution in [0.15, 0.2) is 48.1 Å². The highest BCUT2D eigenvalue weighted by molar-refractivity contribution is 5.57. The molecule has 1 aliphatic heterocycles. The van der Waals surface area contributed by atoms with Crippen molar-refractivity contribution in [2.45, 2.75) is 56.3 Å². The van der Waals surface area contributed by atoms with Crippen LogP contribution in [0.4, 0.5) is 0 Å². The molecule has 2 N–H and O–H groups in total. The molecule has 0 spiro atoms. The van der Waals surface area contributed by atoms with Crippen molar-refractivity contribution in [1.82, 2.24) is 19.3 Å². The molecule has 7 heteroatoms. The van der Waals surface area contributed by atoms with Gasteiger partial charge in [-0.3, -0.25) is 0 Å². The number of nitrogens with two attached hydrogens (primary N) is 1. The first-order valence-electron chi connectivity index (χ1n) is 11.4. The fourth-order valence-electron chi connectivity index (χ4n) is 5.34. The number of aryl methyl sites for hydroxylation is 1. The van der Waals surface area contributed by atoms with Crippen molar-refractivity contribution in [2.24, 2.45) is 12.8 Å². The fourth-order valence-corrected chi connectivity index (χ4v) is 5.34. The zero-order valence-corrected chi connectivity index (χ0v) is 18.2. The summed E-state index contributed by atoms with van der Waals surface area (Å²) in [5.41, 5.74) is 10.8. The standard InChI is InChI=1S/C25H26N6O/c1-30-25-21(22(29-30)16-4-2-3-5-16)20(19(14-26)23(27)32-25)15-8-10-18(11-9-15)31-13-12-28-24(31)17-6-7-17/h8-13,16-17,20H,2-7,27H2,1H3. The van der Waals surface area contributed by atoms with Crippen LogP contribution in [0.5, 0.6) is 5.88 Å². The van der Waals surface area contributed by atoms with E-state index in [1.165, 1.54) is 25.7 Å². The van der Waals surface area contributed by atoms with Gasteiger partial charge in [0, 0.05) is 37.0 Å². The predicted octanol–water partition coefficient (Wildman–Crippen LogP) is 4.36. The maximum absolute atomic E-state index is 9.98. The summed E-state index contributed by atoms with van der Waals surface area (Å²) in [5, 5.41) is 14.8. The van der Waals surface area contributed by atoms with Crippen molar-refractivity contribution < 1.29 is 4.74 Å². The van der Waals surface area contributed by atoms with Gasteiger partial charge in [0.15, 0.2) is 0 Å². The maximum atomic E-state index is 9.98. The highest BCUT2D eigenvalue weighted by Gasteiger charge is 2.38. The Kier molecular flexibility index (Phi) is 4.35. The molecule has 2 aromatic heterocycles. The quantitative estimate of drug-likeness (QED) is 0.669. The third kappa shape index (κ3) is 2.94. The molecule has 1 atom stereocenters. The Morgan fingerprint density at radius 3 is 2.53 bits per heavy atom. The number of hydrogen-bond acceptors (Lipinski definition) is 5. The Morgan fingerprint density at radius 1 is 1.09 bits per heavy atom. The van der Waals surface area contributed by atoms with E-state index in [2.05, 4.69) is 39.9 Å². The molecule has 2 aliphatic carbocycles. The summed E-state index contributed by atoms with van der Waals surface area (Å²) >= 11 is 0. The number of hydrogen-bond donors (Lipinski definition) is 1. The third-order valence-corrected chi connectivity index (χ3v) is 7.09. The molecule has 3 aliphatic rings. The van der Waals surface area contributed by atoms with Crippen molar-refractivity contribution in [3.63, 3.8) is 0 Å². The molecule has 2 saturated carbocycles. The lowest BCUT2D eigenvalue weighted by Crippen LogP contribution is -2.22. The minimum atomic E-state index is -0.271. The topological polar surface area (TPSA) is 94.7 Å². The Hall–Kier alpha value is -3.53. The van der Waals surface area contributed by atoms with Gasteiger partial charge in [0.2, 0.25) is 11.8 Å². The first-order chi connectivity index (χ1) is 15.7. The smallest absolute Gasteiger partial charge is 0.224 e. The lowest BCUT2D eigenvalue weighted by Gasteiger charge is -2.26. The van der Waals surface area contributed by atoms with Gasteiger partial charge in [0.05, 0.1) is 17.2 Å². The monoisotopic (exact) mass is 426 g/mol. The van der Waals surface area contributed by atoms with Crippen LogP contribution in [0.2, 0.25) is 0 Å². The van der Waals surface area contributed by atoms with Crippen LogP contribution in [0.1, 0.15) is 78.9 Å². The molecule has 0 saturated heterocycles. The molecule has 0 radical (unpaired) electrons. The maximum Gasteiger partial charge on any atom is 0.224 e. The molecule has 0 bridgehead atoms. The largest absolute Gasteiger partial charge is 0.422 e. The Balaban J connectivity index is 1.45. The van der Waals surface area contributed by atoms with Crippen molar-refractivity contribution in [2.75, 3.05) is 0 Å². The Bertz CT molecular complexity index is 1250. The minimum Gasteiger partial charge on any atom is -0.422 e. The van der Waals surface area contributed by atoms with Crippen LogP contribution in [0.3, 0.4) is 0 Å². The second-order valence-electron chi connectivity index (χ2n) is 9.16. The number of nitrogens with zero attached hydrogens (tertiary/aromatic N) is 5. The number of allylic oxidation sites excluding steroid dienone is 1. The predicted molar refractivity (Wildman–Crippen MR) is 119 cm³/mol. The van der Waals surface area contributed by atoms with Crippen LogP contribution in [0, 0.1) is 11.3 Å². The minimum absolute atomic E-state index is 0.167. The van der Waals surface area contributed by atoms with Gasteiger partial charge < -0.3 is 15.0 Å². The normalized spacial score (nSPS) is 20.8. The lowest BCUT2D eigenvalue weighted by molar-refractivity contribution is 0.358.